The Morgan fingerprint density at radius 2 is 0.703 bits per heavy atom. The van der Waals surface area contributed by atoms with Gasteiger partial charge in [0.15, 0.2) is 6.10 Å². The summed E-state index contributed by atoms with van der Waals surface area (Å²) in [6.07, 6.45) is 67.4. The fourth-order valence-corrected chi connectivity index (χ4v) is 8.47. The van der Waals surface area contributed by atoms with Crippen LogP contribution in [0.4, 0.5) is 0 Å². The van der Waals surface area contributed by atoms with Crippen molar-refractivity contribution in [2.24, 2.45) is 0 Å². The maximum atomic E-state index is 12.8. The molecule has 5 heteroatoms. The highest BCUT2D eigenvalue weighted by molar-refractivity contribution is 5.70. The summed E-state index contributed by atoms with van der Waals surface area (Å²) in [4.78, 5) is 25.4. The highest BCUT2D eigenvalue weighted by atomic mass is 16.6. The number of hydrogen-bond acceptors (Lipinski definition) is 5. The second kappa shape index (κ2) is 55.4. The summed E-state index contributed by atoms with van der Waals surface area (Å²) >= 11 is 0. The molecule has 0 aromatic carbocycles. The average molecular weight is 900 g/mol. The average Bonchev–Trinajstić information content (AvgIpc) is 3.30. The fourth-order valence-electron chi connectivity index (χ4n) is 8.47. The van der Waals surface area contributed by atoms with E-state index in [-0.39, 0.29) is 25.2 Å². The number of hydrogen-bond donors (Lipinski definition) is 0. The van der Waals surface area contributed by atoms with Crippen molar-refractivity contribution in [2.75, 3.05) is 19.8 Å². The van der Waals surface area contributed by atoms with Crippen LogP contribution in [0.15, 0.2) is 36.5 Å². The van der Waals surface area contributed by atoms with Crippen molar-refractivity contribution in [3.8, 4) is 0 Å². The molecule has 0 fully saturated rings. The Bertz CT molecular complexity index is 1020. The first-order valence-electron chi connectivity index (χ1n) is 28.5. The Balaban J connectivity index is 4.20. The van der Waals surface area contributed by atoms with Gasteiger partial charge in [-0.2, -0.15) is 0 Å². The summed E-state index contributed by atoms with van der Waals surface area (Å²) in [7, 11) is 0. The molecule has 0 aliphatic carbocycles. The standard InChI is InChI=1S/C59H110O5/c1-4-7-10-13-16-19-22-25-27-28-29-30-31-33-36-39-42-45-48-51-54-62-55-57(64-59(61)53-50-47-44-41-38-34-24-21-18-15-12-9-6-3)56-63-58(60)52-49-46-43-40-37-35-32-26-23-20-17-14-11-8-5-2/h9,12,18,21,34,38,57H,4-8,10-11,13-17,19-20,22-33,35-37,39-56H2,1-3H3/b12-9-,21-18-,38-34-. The van der Waals surface area contributed by atoms with Gasteiger partial charge in [0, 0.05) is 19.4 Å². The molecule has 0 amide bonds. The van der Waals surface area contributed by atoms with Gasteiger partial charge < -0.3 is 14.2 Å². The van der Waals surface area contributed by atoms with E-state index in [1.165, 1.54) is 205 Å². The van der Waals surface area contributed by atoms with Crippen molar-refractivity contribution < 1.29 is 23.8 Å². The molecule has 0 aliphatic heterocycles. The number of carbonyl (C=O) groups excluding carboxylic acids is 2. The molecular formula is C59H110O5. The summed E-state index contributed by atoms with van der Waals surface area (Å²) in [5.41, 5.74) is 0. The third-order valence-electron chi connectivity index (χ3n) is 12.7. The number of esters is 2. The van der Waals surface area contributed by atoms with Gasteiger partial charge in [0.05, 0.1) is 6.61 Å². The van der Waals surface area contributed by atoms with Crippen molar-refractivity contribution in [1.82, 2.24) is 0 Å². The number of ether oxygens (including phenoxy) is 3. The monoisotopic (exact) mass is 899 g/mol. The van der Waals surface area contributed by atoms with Crippen molar-refractivity contribution in [3.05, 3.63) is 36.5 Å². The zero-order chi connectivity index (χ0) is 46.3. The second-order valence-corrected chi connectivity index (χ2v) is 19.2. The van der Waals surface area contributed by atoms with E-state index in [0.29, 0.717) is 19.4 Å². The lowest BCUT2D eigenvalue weighted by Gasteiger charge is -2.18. The lowest BCUT2D eigenvalue weighted by atomic mass is 10.0. The Hall–Kier alpha value is -1.88. The summed E-state index contributed by atoms with van der Waals surface area (Å²) in [6.45, 7) is 7.75. The molecule has 376 valence electrons. The van der Waals surface area contributed by atoms with E-state index in [1.807, 2.05) is 0 Å². The Kier molecular flexibility index (Phi) is 53.8. The topological polar surface area (TPSA) is 61.8 Å². The van der Waals surface area contributed by atoms with Crippen LogP contribution >= 0.6 is 0 Å². The summed E-state index contributed by atoms with van der Waals surface area (Å²) in [5, 5.41) is 0. The van der Waals surface area contributed by atoms with Gasteiger partial charge in [-0.1, -0.05) is 276 Å². The number of carbonyl (C=O) groups is 2. The second-order valence-electron chi connectivity index (χ2n) is 19.2. The Morgan fingerprint density at radius 1 is 0.359 bits per heavy atom. The molecule has 0 bridgehead atoms. The van der Waals surface area contributed by atoms with Crippen LogP contribution in [-0.2, 0) is 23.8 Å². The van der Waals surface area contributed by atoms with Crippen molar-refractivity contribution in [1.29, 1.82) is 0 Å². The lowest BCUT2D eigenvalue weighted by molar-refractivity contribution is -0.163. The third kappa shape index (κ3) is 52.7. The fraction of sp³-hybridized carbons (Fsp3) is 0.864. The molecule has 0 aliphatic rings. The number of allylic oxidation sites excluding steroid dienone is 6. The lowest BCUT2D eigenvalue weighted by Crippen LogP contribution is -2.30. The van der Waals surface area contributed by atoms with E-state index in [4.69, 9.17) is 14.2 Å². The predicted molar refractivity (Wildman–Crippen MR) is 279 cm³/mol. The highest BCUT2D eigenvalue weighted by Crippen LogP contribution is 2.17. The minimum atomic E-state index is -0.545. The summed E-state index contributed by atoms with van der Waals surface area (Å²) in [5.74, 6) is -0.412. The van der Waals surface area contributed by atoms with E-state index in [2.05, 4.69) is 57.2 Å². The Labute approximate surface area is 400 Å². The van der Waals surface area contributed by atoms with E-state index in [0.717, 1.165) is 64.2 Å². The van der Waals surface area contributed by atoms with Gasteiger partial charge in [-0.15, -0.1) is 0 Å². The van der Waals surface area contributed by atoms with E-state index >= 15 is 0 Å². The number of rotatable bonds is 53. The number of unbranched alkanes of at least 4 members (excludes halogenated alkanes) is 36. The van der Waals surface area contributed by atoms with E-state index in [9.17, 15) is 9.59 Å². The smallest absolute Gasteiger partial charge is 0.306 e. The minimum absolute atomic E-state index is 0.0801. The molecule has 0 rings (SSSR count). The molecule has 0 heterocycles. The zero-order valence-corrected chi connectivity index (χ0v) is 43.3. The van der Waals surface area contributed by atoms with Crippen LogP contribution in [0, 0.1) is 0 Å². The van der Waals surface area contributed by atoms with Gasteiger partial charge in [0.25, 0.3) is 0 Å². The van der Waals surface area contributed by atoms with Gasteiger partial charge >= 0.3 is 11.9 Å². The van der Waals surface area contributed by atoms with Gasteiger partial charge in [0.1, 0.15) is 6.61 Å². The van der Waals surface area contributed by atoms with Gasteiger partial charge in [-0.25, -0.2) is 0 Å². The van der Waals surface area contributed by atoms with Gasteiger partial charge in [-0.05, 0) is 51.4 Å². The maximum absolute atomic E-state index is 12.8. The highest BCUT2D eigenvalue weighted by Gasteiger charge is 2.17. The predicted octanol–water partition coefficient (Wildman–Crippen LogP) is 19.4. The molecule has 1 atom stereocenters. The largest absolute Gasteiger partial charge is 0.462 e. The normalized spacial score (nSPS) is 12.4. The van der Waals surface area contributed by atoms with Crippen LogP contribution in [0.2, 0.25) is 0 Å². The molecule has 64 heavy (non-hydrogen) atoms. The maximum Gasteiger partial charge on any atom is 0.306 e. The molecule has 0 aromatic heterocycles. The van der Waals surface area contributed by atoms with Crippen molar-refractivity contribution >= 4 is 11.9 Å². The molecule has 1 unspecified atom stereocenters. The molecule has 5 nitrogen and oxygen atoms in total. The molecule has 0 aromatic rings. The third-order valence-corrected chi connectivity index (χ3v) is 12.7. The van der Waals surface area contributed by atoms with Crippen LogP contribution < -0.4 is 0 Å². The van der Waals surface area contributed by atoms with Gasteiger partial charge in [0.2, 0.25) is 0 Å². The Morgan fingerprint density at radius 3 is 1.12 bits per heavy atom. The first-order valence-corrected chi connectivity index (χ1v) is 28.5. The quantitative estimate of drug-likeness (QED) is 0.0346. The van der Waals surface area contributed by atoms with E-state index in [1.54, 1.807) is 0 Å². The molecule has 0 spiro atoms. The molecule has 0 radical (unpaired) electrons. The molecule has 0 saturated carbocycles. The molecular weight excluding hydrogens is 789 g/mol. The van der Waals surface area contributed by atoms with Gasteiger partial charge in [-0.3, -0.25) is 9.59 Å². The van der Waals surface area contributed by atoms with E-state index < -0.39 is 6.10 Å². The van der Waals surface area contributed by atoms with Crippen LogP contribution in [0.25, 0.3) is 0 Å². The zero-order valence-electron chi connectivity index (χ0n) is 43.3. The van der Waals surface area contributed by atoms with Crippen LogP contribution in [0.5, 0.6) is 0 Å². The van der Waals surface area contributed by atoms with Crippen LogP contribution in [0.1, 0.15) is 303 Å². The summed E-state index contributed by atoms with van der Waals surface area (Å²) in [6, 6.07) is 0. The van der Waals surface area contributed by atoms with Crippen LogP contribution in [-0.4, -0.2) is 37.9 Å². The first kappa shape index (κ1) is 62.1. The first-order chi connectivity index (χ1) is 31.6. The SMILES string of the molecule is CC/C=C\C/C=C\C/C=C\CCCCCC(=O)OC(COCCCCCCCCCCCCCCCCCCCCCC)COC(=O)CCCCCCCCCCCCCCCCC. The van der Waals surface area contributed by atoms with Crippen molar-refractivity contribution in [2.45, 2.75) is 309 Å². The van der Waals surface area contributed by atoms with Crippen LogP contribution in [0.3, 0.4) is 0 Å². The minimum Gasteiger partial charge on any atom is -0.462 e. The van der Waals surface area contributed by atoms with Crippen molar-refractivity contribution in [3.63, 3.8) is 0 Å². The molecule has 0 N–H and O–H groups in total. The molecule has 0 saturated heterocycles. The summed E-state index contributed by atoms with van der Waals surface area (Å²) < 4.78 is 17.4.